The maximum Gasteiger partial charge on any atom is 0.265 e. The van der Waals surface area contributed by atoms with Gasteiger partial charge in [-0.3, -0.25) is 4.79 Å². The predicted molar refractivity (Wildman–Crippen MR) is 55.2 cm³/mol. The van der Waals surface area contributed by atoms with Crippen molar-refractivity contribution in [1.82, 2.24) is 4.47 Å². The van der Waals surface area contributed by atoms with Crippen LogP contribution in [0.5, 0.6) is 0 Å². The van der Waals surface area contributed by atoms with E-state index in [0.29, 0.717) is 10.5 Å². The Morgan fingerprint density at radius 3 is 2.73 bits per heavy atom. The average molecular weight is 223 g/mol. The molecule has 0 saturated heterocycles. The molecule has 2 rings (SSSR count). The highest BCUT2D eigenvalue weighted by molar-refractivity contribution is 7.83. The zero-order valence-corrected chi connectivity index (χ0v) is 8.36. The first-order chi connectivity index (χ1) is 7.11. The number of carbonyl (C=O) groups excluding carboxylic acids is 1. The highest BCUT2D eigenvalue weighted by Gasteiger charge is 2.21. The van der Waals surface area contributed by atoms with Crippen LogP contribution >= 0.6 is 0 Å². The molecule has 1 aromatic carbocycles. The van der Waals surface area contributed by atoms with E-state index in [9.17, 15) is 14.2 Å². The van der Waals surface area contributed by atoms with Gasteiger partial charge in [0.1, 0.15) is 16.7 Å². The highest BCUT2D eigenvalue weighted by Crippen LogP contribution is 2.26. The Morgan fingerprint density at radius 1 is 1.40 bits per heavy atom. The van der Waals surface area contributed by atoms with E-state index >= 15 is 0 Å². The molecule has 1 amide bonds. The Kier molecular flexibility index (Phi) is 2.29. The van der Waals surface area contributed by atoms with Gasteiger partial charge >= 0.3 is 0 Å². The SMILES string of the molecule is NC(=O)C1=Cc2ccccc2S(=O)N1[O-]. The molecule has 1 heterocycles. The normalized spacial score (nSPS) is 19.4. The fourth-order valence-electron chi connectivity index (χ4n) is 1.30. The van der Waals surface area contributed by atoms with Gasteiger partial charge in [-0.1, -0.05) is 18.2 Å². The van der Waals surface area contributed by atoms with E-state index in [2.05, 4.69) is 0 Å². The molecule has 6 heteroatoms. The van der Waals surface area contributed by atoms with Crippen LogP contribution in [0.25, 0.3) is 6.08 Å². The van der Waals surface area contributed by atoms with E-state index in [1.807, 2.05) is 0 Å². The molecule has 0 aromatic heterocycles. The lowest BCUT2D eigenvalue weighted by Crippen LogP contribution is -2.31. The monoisotopic (exact) mass is 223 g/mol. The summed E-state index contributed by atoms with van der Waals surface area (Å²) < 4.78 is 11.7. The van der Waals surface area contributed by atoms with Crippen LogP contribution in [0.2, 0.25) is 0 Å². The first-order valence-electron chi connectivity index (χ1n) is 4.11. The second kappa shape index (κ2) is 3.48. The van der Waals surface area contributed by atoms with Crippen molar-refractivity contribution in [3.63, 3.8) is 0 Å². The molecule has 15 heavy (non-hydrogen) atoms. The van der Waals surface area contributed by atoms with Crippen molar-refractivity contribution in [2.45, 2.75) is 4.90 Å². The summed E-state index contributed by atoms with van der Waals surface area (Å²) >= 11 is 0. The van der Waals surface area contributed by atoms with E-state index in [1.165, 1.54) is 6.08 Å². The fraction of sp³-hybridized carbons (Fsp3) is 0. The number of primary amides is 1. The molecular weight excluding hydrogens is 216 g/mol. The molecule has 1 atom stereocenters. The maximum absolute atomic E-state index is 11.6. The molecular formula is C9H7N2O3S-. The third-order valence-corrected chi connectivity index (χ3v) is 3.25. The van der Waals surface area contributed by atoms with Gasteiger partial charge < -0.3 is 15.4 Å². The average Bonchev–Trinajstić information content (AvgIpc) is 2.23. The summed E-state index contributed by atoms with van der Waals surface area (Å²) in [7, 11) is -1.90. The Labute approximate surface area is 88.3 Å². The minimum atomic E-state index is -1.90. The number of nitrogens with two attached hydrogens (primary N) is 1. The quantitative estimate of drug-likeness (QED) is 0.745. The predicted octanol–water partition coefficient (Wildman–Crippen LogP) is 0.349. The molecule has 1 aliphatic heterocycles. The number of amides is 1. The number of hydroxylamine groups is 1. The summed E-state index contributed by atoms with van der Waals surface area (Å²) in [4.78, 5) is 11.3. The topological polar surface area (TPSA) is 86.5 Å². The second-order valence-corrected chi connectivity index (χ2v) is 4.21. The van der Waals surface area contributed by atoms with Crippen molar-refractivity contribution in [3.8, 4) is 0 Å². The van der Waals surface area contributed by atoms with E-state index in [0.717, 1.165) is 0 Å². The van der Waals surface area contributed by atoms with Crippen LogP contribution in [0.3, 0.4) is 0 Å². The van der Waals surface area contributed by atoms with Crippen LogP contribution in [-0.4, -0.2) is 14.6 Å². The van der Waals surface area contributed by atoms with Crippen molar-refractivity contribution in [3.05, 3.63) is 40.7 Å². The first-order valence-corrected chi connectivity index (χ1v) is 5.21. The largest absolute Gasteiger partial charge is 0.746 e. The number of benzene rings is 1. The van der Waals surface area contributed by atoms with E-state index in [-0.39, 0.29) is 10.2 Å². The molecule has 78 valence electrons. The van der Waals surface area contributed by atoms with Crippen molar-refractivity contribution < 1.29 is 9.00 Å². The van der Waals surface area contributed by atoms with Gasteiger partial charge in [-0.05, 0) is 17.7 Å². The van der Waals surface area contributed by atoms with Gasteiger partial charge in [-0.15, -0.1) is 0 Å². The molecule has 0 radical (unpaired) electrons. The van der Waals surface area contributed by atoms with Gasteiger partial charge in [0.15, 0.2) is 0 Å². The third kappa shape index (κ3) is 1.53. The lowest BCUT2D eigenvalue weighted by atomic mass is 10.2. The van der Waals surface area contributed by atoms with Crippen molar-refractivity contribution in [2.75, 3.05) is 0 Å². The lowest BCUT2D eigenvalue weighted by Gasteiger charge is -2.33. The highest BCUT2D eigenvalue weighted by atomic mass is 32.2. The smallest absolute Gasteiger partial charge is 0.265 e. The van der Waals surface area contributed by atoms with Crippen LogP contribution in [-0.2, 0) is 15.8 Å². The van der Waals surface area contributed by atoms with Gasteiger partial charge in [0, 0.05) is 0 Å². The molecule has 1 aliphatic rings. The molecule has 1 unspecified atom stereocenters. The number of carbonyl (C=O) groups is 1. The number of rotatable bonds is 1. The zero-order valence-electron chi connectivity index (χ0n) is 7.54. The van der Waals surface area contributed by atoms with Crippen LogP contribution in [0, 0.1) is 5.21 Å². The molecule has 1 aromatic rings. The molecule has 2 N–H and O–H groups in total. The van der Waals surface area contributed by atoms with E-state index in [1.54, 1.807) is 24.3 Å². The molecule has 0 aliphatic carbocycles. The first kappa shape index (κ1) is 9.88. The van der Waals surface area contributed by atoms with Gasteiger partial charge in [0.2, 0.25) is 0 Å². The second-order valence-electron chi connectivity index (χ2n) is 2.94. The number of hydrogen-bond donors (Lipinski definition) is 1. The van der Waals surface area contributed by atoms with E-state index < -0.39 is 16.9 Å². The summed E-state index contributed by atoms with van der Waals surface area (Å²) in [5.74, 6) is -0.882. The summed E-state index contributed by atoms with van der Waals surface area (Å²) in [6.45, 7) is 0. The molecule has 0 bridgehead atoms. The van der Waals surface area contributed by atoms with Gasteiger partial charge in [-0.25, -0.2) is 4.21 Å². The van der Waals surface area contributed by atoms with Crippen molar-refractivity contribution in [2.24, 2.45) is 5.73 Å². The number of hydrogen-bond acceptors (Lipinski definition) is 3. The minimum absolute atomic E-state index is 0.130. The Bertz CT molecular complexity index is 484. The molecule has 0 fully saturated rings. The number of nitrogens with zero attached hydrogens (tertiary/aromatic N) is 1. The number of fused-ring (bicyclic) bond motifs is 1. The fourth-order valence-corrected chi connectivity index (χ4v) is 2.32. The van der Waals surface area contributed by atoms with Crippen LogP contribution in [0.1, 0.15) is 5.56 Å². The Morgan fingerprint density at radius 2 is 2.07 bits per heavy atom. The van der Waals surface area contributed by atoms with Gasteiger partial charge in [0.25, 0.3) is 5.91 Å². The summed E-state index contributed by atoms with van der Waals surface area (Å²) in [5, 5.41) is 11.4. The summed E-state index contributed by atoms with van der Waals surface area (Å²) in [5.41, 5.74) is 5.29. The standard InChI is InChI=1S/C9H7N2O3S/c10-9(12)7-5-6-3-1-2-4-8(6)15(14)11(7)13/h1-5H,(H2,10,12)/q-1. The van der Waals surface area contributed by atoms with E-state index in [4.69, 9.17) is 5.73 Å². The van der Waals surface area contributed by atoms with Crippen molar-refractivity contribution >= 4 is 23.0 Å². The lowest BCUT2D eigenvalue weighted by molar-refractivity contribution is -0.115. The Balaban J connectivity index is 2.62. The molecule has 0 saturated carbocycles. The zero-order chi connectivity index (χ0) is 11.0. The minimum Gasteiger partial charge on any atom is -0.746 e. The Hall–Kier alpha value is -1.66. The summed E-state index contributed by atoms with van der Waals surface area (Å²) in [6.07, 6.45) is 1.34. The van der Waals surface area contributed by atoms with Crippen LogP contribution < -0.4 is 5.73 Å². The molecule has 0 spiro atoms. The van der Waals surface area contributed by atoms with Gasteiger partial charge in [-0.2, -0.15) is 0 Å². The molecule has 5 nitrogen and oxygen atoms in total. The third-order valence-electron chi connectivity index (χ3n) is 2.00. The van der Waals surface area contributed by atoms with Crippen LogP contribution in [0.4, 0.5) is 0 Å². The van der Waals surface area contributed by atoms with Crippen LogP contribution in [0.15, 0.2) is 34.9 Å². The summed E-state index contributed by atoms with van der Waals surface area (Å²) in [6, 6.07) is 6.65. The van der Waals surface area contributed by atoms with Gasteiger partial charge in [0.05, 0.1) is 4.90 Å². The maximum atomic E-state index is 11.6. The van der Waals surface area contributed by atoms with Crippen molar-refractivity contribution in [1.29, 1.82) is 0 Å².